The molecule has 1 saturated heterocycles. The first-order valence-electron chi connectivity index (χ1n) is 9.54. The van der Waals surface area contributed by atoms with Gasteiger partial charge < -0.3 is 8.94 Å². The quantitative estimate of drug-likeness (QED) is 0.642. The maximum absolute atomic E-state index is 12.1. The van der Waals surface area contributed by atoms with Crippen LogP contribution in [0.3, 0.4) is 0 Å². The molecule has 3 heterocycles. The lowest BCUT2D eigenvalue weighted by molar-refractivity contribution is 0.201. The molecule has 0 radical (unpaired) electrons. The summed E-state index contributed by atoms with van der Waals surface area (Å²) in [6.07, 6.45) is 2.05. The van der Waals surface area contributed by atoms with E-state index in [1.807, 2.05) is 13.0 Å². The number of rotatable bonds is 4. The molecule has 0 bridgehead atoms. The third kappa shape index (κ3) is 3.41. The second kappa shape index (κ2) is 6.93. The molecule has 2 aromatic heterocycles. The molecule has 4 rings (SSSR count). The predicted octanol–water partition coefficient (Wildman–Crippen LogP) is 4.25. The normalized spacial score (nSPS) is 18.0. The average molecular weight is 367 g/mol. The van der Waals surface area contributed by atoms with Crippen LogP contribution in [0, 0.1) is 13.8 Å². The second-order valence-corrected chi connectivity index (χ2v) is 7.80. The number of fused-ring (bicyclic) bond motifs is 1. The van der Waals surface area contributed by atoms with Crippen molar-refractivity contribution in [2.24, 2.45) is 0 Å². The smallest absolute Gasteiger partial charge is 0.336 e. The molecule has 27 heavy (non-hydrogen) atoms. The number of likely N-dealkylation sites (tertiary alicyclic amines) is 1. The lowest BCUT2D eigenvalue weighted by atomic mass is 10.0. The summed E-state index contributed by atoms with van der Waals surface area (Å²) < 4.78 is 11.0. The molecule has 0 saturated carbocycles. The Morgan fingerprint density at radius 1 is 1.22 bits per heavy atom. The standard InChI is InChI=1S/C21H25N3O3/c1-12(2)20-22-21(27-23-20)17-6-5-7-24(17)11-15-10-19(25)26-18-9-14(4)13(3)8-16(15)18/h8-10,12,17H,5-7,11H2,1-4H3/t17-/m1/s1. The molecule has 1 fully saturated rings. The van der Waals surface area contributed by atoms with Gasteiger partial charge in [-0.25, -0.2) is 4.79 Å². The Morgan fingerprint density at radius 2 is 2.00 bits per heavy atom. The van der Waals surface area contributed by atoms with Crippen molar-refractivity contribution in [2.45, 2.75) is 59.0 Å². The van der Waals surface area contributed by atoms with Crippen molar-refractivity contribution in [1.82, 2.24) is 15.0 Å². The molecule has 1 aliphatic heterocycles. The van der Waals surface area contributed by atoms with E-state index in [-0.39, 0.29) is 17.6 Å². The van der Waals surface area contributed by atoms with Gasteiger partial charge in [-0.15, -0.1) is 0 Å². The highest BCUT2D eigenvalue weighted by Gasteiger charge is 2.31. The van der Waals surface area contributed by atoms with Crippen LogP contribution in [0.15, 0.2) is 31.9 Å². The van der Waals surface area contributed by atoms with Crippen LogP contribution in [0.2, 0.25) is 0 Å². The van der Waals surface area contributed by atoms with E-state index >= 15 is 0 Å². The monoisotopic (exact) mass is 367 g/mol. The Kier molecular flexibility index (Phi) is 4.60. The first-order chi connectivity index (χ1) is 12.9. The lowest BCUT2D eigenvalue weighted by Crippen LogP contribution is -2.24. The number of benzene rings is 1. The van der Waals surface area contributed by atoms with Crippen molar-refractivity contribution in [3.8, 4) is 0 Å². The maximum Gasteiger partial charge on any atom is 0.336 e. The van der Waals surface area contributed by atoms with Crippen LogP contribution >= 0.6 is 0 Å². The van der Waals surface area contributed by atoms with Gasteiger partial charge in [0.25, 0.3) is 0 Å². The summed E-state index contributed by atoms with van der Waals surface area (Å²) in [5.74, 6) is 1.66. The number of hydrogen-bond donors (Lipinski definition) is 0. The van der Waals surface area contributed by atoms with E-state index in [0.717, 1.165) is 41.7 Å². The van der Waals surface area contributed by atoms with Crippen molar-refractivity contribution >= 4 is 11.0 Å². The number of aromatic nitrogens is 2. The lowest BCUT2D eigenvalue weighted by Gasteiger charge is -2.22. The van der Waals surface area contributed by atoms with Gasteiger partial charge in [0, 0.05) is 23.9 Å². The highest BCUT2D eigenvalue weighted by molar-refractivity contribution is 5.81. The molecule has 0 amide bonds. The van der Waals surface area contributed by atoms with E-state index < -0.39 is 0 Å². The molecule has 0 spiro atoms. The Labute approximate surface area is 158 Å². The fourth-order valence-corrected chi connectivity index (χ4v) is 3.74. The van der Waals surface area contributed by atoms with E-state index in [4.69, 9.17) is 8.94 Å². The minimum atomic E-state index is -0.309. The fourth-order valence-electron chi connectivity index (χ4n) is 3.74. The Bertz CT molecular complexity index is 1030. The van der Waals surface area contributed by atoms with Crippen molar-refractivity contribution in [3.63, 3.8) is 0 Å². The summed E-state index contributed by atoms with van der Waals surface area (Å²) >= 11 is 0. The van der Waals surface area contributed by atoms with Gasteiger partial charge in [-0.1, -0.05) is 19.0 Å². The van der Waals surface area contributed by atoms with Crippen molar-refractivity contribution in [2.75, 3.05) is 6.54 Å². The zero-order chi connectivity index (χ0) is 19.1. The minimum Gasteiger partial charge on any atom is -0.423 e. The molecule has 1 atom stereocenters. The highest BCUT2D eigenvalue weighted by Crippen LogP contribution is 2.34. The van der Waals surface area contributed by atoms with Gasteiger partial charge in [0.1, 0.15) is 5.58 Å². The minimum absolute atomic E-state index is 0.0962. The van der Waals surface area contributed by atoms with Crippen LogP contribution in [-0.2, 0) is 6.54 Å². The second-order valence-electron chi connectivity index (χ2n) is 7.80. The van der Waals surface area contributed by atoms with Crippen LogP contribution in [0.4, 0.5) is 0 Å². The van der Waals surface area contributed by atoms with Gasteiger partial charge >= 0.3 is 5.63 Å². The molecular formula is C21H25N3O3. The average Bonchev–Trinajstić information content (AvgIpc) is 3.25. The first kappa shape index (κ1) is 17.9. The largest absolute Gasteiger partial charge is 0.423 e. The molecular weight excluding hydrogens is 342 g/mol. The summed E-state index contributed by atoms with van der Waals surface area (Å²) in [4.78, 5) is 19.0. The van der Waals surface area contributed by atoms with Crippen LogP contribution in [-0.4, -0.2) is 21.6 Å². The van der Waals surface area contributed by atoms with Gasteiger partial charge in [0.2, 0.25) is 5.89 Å². The Balaban J connectivity index is 1.68. The number of hydrogen-bond acceptors (Lipinski definition) is 6. The molecule has 0 N–H and O–H groups in total. The third-order valence-corrected chi connectivity index (χ3v) is 5.44. The molecule has 1 aliphatic rings. The van der Waals surface area contributed by atoms with Gasteiger partial charge in [-0.2, -0.15) is 4.98 Å². The van der Waals surface area contributed by atoms with Gasteiger partial charge in [0.05, 0.1) is 6.04 Å². The summed E-state index contributed by atoms with van der Waals surface area (Å²) in [5, 5.41) is 5.11. The van der Waals surface area contributed by atoms with E-state index in [1.165, 1.54) is 5.56 Å². The van der Waals surface area contributed by atoms with Gasteiger partial charge in [-0.3, -0.25) is 4.90 Å². The van der Waals surface area contributed by atoms with Crippen LogP contribution in [0.5, 0.6) is 0 Å². The summed E-state index contributed by atoms with van der Waals surface area (Å²) in [7, 11) is 0. The Morgan fingerprint density at radius 3 is 2.74 bits per heavy atom. The molecule has 0 unspecified atom stereocenters. The SMILES string of the molecule is Cc1cc2oc(=O)cc(CN3CCC[C@@H]3c3nc(C(C)C)no3)c2cc1C. The van der Waals surface area contributed by atoms with Crippen LogP contribution in [0.1, 0.15) is 67.1 Å². The van der Waals surface area contributed by atoms with E-state index in [2.05, 4.69) is 41.9 Å². The summed E-state index contributed by atoms with van der Waals surface area (Å²) in [6, 6.07) is 5.76. The molecule has 142 valence electrons. The molecule has 6 nitrogen and oxygen atoms in total. The fraction of sp³-hybridized carbons (Fsp3) is 0.476. The van der Waals surface area contributed by atoms with E-state index in [9.17, 15) is 4.79 Å². The molecule has 3 aromatic rings. The topological polar surface area (TPSA) is 72.4 Å². The zero-order valence-corrected chi connectivity index (χ0v) is 16.3. The first-order valence-corrected chi connectivity index (χ1v) is 9.54. The zero-order valence-electron chi connectivity index (χ0n) is 16.3. The predicted molar refractivity (Wildman–Crippen MR) is 103 cm³/mol. The number of nitrogens with zero attached hydrogens (tertiary/aromatic N) is 3. The third-order valence-electron chi connectivity index (χ3n) is 5.44. The van der Waals surface area contributed by atoms with Crippen molar-refractivity contribution in [1.29, 1.82) is 0 Å². The van der Waals surface area contributed by atoms with E-state index in [1.54, 1.807) is 6.07 Å². The maximum atomic E-state index is 12.1. The van der Waals surface area contributed by atoms with Crippen molar-refractivity contribution < 1.29 is 8.94 Å². The summed E-state index contributed by atoms with van der Waals surface area (Å²) in [6.45, 7) is 9.82. The van der Waals surface area contributed by atoms with Crippen LogP contribution < -0.4 is 5.63 Å². The Hall–Kier alpha value is -2.47. The molecule has 1 aromatic carbocycles. The molecule has 6 heteroatoms. The highest BCUT2D eigenvalue weighted by atomic mass is 16.5. The van der Waals surface area contributed by atoms with Gasteiger partial charge in [0.15, 0.2) is 5.82 Å². The van der Waals surface area contributed by atoms with Gasteiger partial charge in [-0.05, 0) is 62.1 Å². The number of aryl methyl sites for hydroxylation is 2. The molecule has 0 aliphatic carbocycles. The van der Waals surface area contributed by atoms with E-state index in [0.29, 0.717) is 18.0 Å². The van der Waals surface area contributed by atoms with Crippen molar-refractivity contribution in [3.05, 3.63) is 57.0 Å². The summed E-state index contributed by atoms with van der Waals surface area (Å²) in [5.41, 5.74) is 3.63. The van der Waals surface area contributed by atoms with Crippen LogP contribution in [0.25, 0.3) is 11.0 Å².